The summed E-state index contributed by atoms with van der Waals surface area (Å²) >= 11 is 0. The van der Waals surface area contributed by atoms with Gasteiger partial charge in [0, 0.05) is 0 Å². The maximum absolute atomic E-state index is 10.6. The van der Waals surface area contributed by atoms with Crippen molar-refractivity contribution in [3.8, 4) is 0 Å². The van der Waals surface area contributed by atoms with Gasteiger partial charge >= 0.3 is 21.2 Å². The van der Waals surface area contributed by atoms with Crippen LogP contribution in [0.3, 0.4) is 0 Å². The first-order chi connectivity index (χ1) is 5.98. The van der Waals surface area contributed by atoms with Crippen LogP contribution < -0.4 is 0 Å². The first-order valence-corrected chi connectivity index (χ1v) is 6.36. The summed E-state index contributed by atoms with van der Waals surface area (Å²) in [6.07, 6.45) is 0. The molecule has 0 aliphatic carbocycles. The summed E-state index contributed by atoms with van der Waals surface area (Å²) in [5, 5.41) is 5.61. The molecule has 0 unspecified atom stereocenters. The van der Waals surface area contributed by atoms with Crippen molar-refractivity contribution in [1.29, 1.82) is 0 Å². The average molecular weight is 246 g/mol. The molecule has 5 N–H and O–H groups in total. The molecule has 0 aromatic rings. The number of carbonyl (C=O) groups is 1. The number of hydrogen-bond acceptors (Lipinski definition) is 3. The highest BCUT2D eigenvalue weighted by atomic mass is 31.2. The van der Waals surface area contributed by atoms with Crippen molar-refractivity contribution in [2.45, 2.75) is 5.40 Å². The van der Waals surface area contributed by atoms with Crippen LogP contribution in [-0.4, -0.2) is 36.0 Å². The Morgan fingerprint density at radius 1 is 1.07 bits per heavy atom. The standard InChI is InChI=1S/C4H8O8P2/c1-2(3(5)6)4(13(7,8)9)14(10,11)12/h4H,1H2,(H,5,6)(H2,7,8,9)(H2,10,11,12). The van der Waals surface area contributed by atoms with E-state index in [0.29, 0.717) is 0 Å². The van der Waals surface area contributed by atoms with Crippen LogP contribution in [0.15, 0.2) is 12.2 Å². The molecule has 0 bridgehead atoms. The normalized spacial score (nSPS) is 12.9. The molecular formula is C4H8O8P2. The molecule has 14 heavy (non-hydrogen) atoms. The van der Waals surface area contributed by atoms with Crippen LogP contribution >= 0.6 is 15.2 Å². The fourth-order valence-electron chi connectivity index (χ4n) is 0.712. The van der Waals surface area contributed by atoms with E-state index >= 15 is 0 Å². The van der Waals surface area contributed by atoms with Crippen LogP contribution in [0.2, 0.25) is 0 Å². The second kappa shape index (κ2) is 3.94. The van der Waals surface area contributed by atoms with E-state index in [1.54, 1.807) is 0 Å². The van der Waals surface area contributed by atoms with Gasteiger partial charge < -0.3 is 24.7 Å². The number of carboxylic acids is 1. The Kier molecular flexibility index (Phi) is 3.80. The van der Waals surface area contributed by atoms with Crippen molar-refractivity contribution < 1.29 is 38.6 Å². The van der Waals surface area contributed by atoms with E-state index in [2.05, 4.69) is 6.58 Å². The predicted octanol–water partition coefficient (Wildman–Crippen LogP) is -0.691. The molecule has 0 saturated heterocycles. The van der Waals surface area contributed by atoms with Crippen molar-refractivity contribution in [3.63, 3.8) is 0 Å². The highest BCUT2D eigenvalue weighted by Crippen LogP contribution is 2.62. The lowest BCUT2D eigenvalue weighted by Gasteiger charge is -2.18. The lowest BCUT2D eigenvalue weighted by Crippen LogP contribution is -2.17. The van der Waals surface area contributed by atoms with E-state index < -0.39 is 32.1 Å². The van der Waals surface area contributed by atoms with E-state index in [-0.39, 0.29) is 0 Å². The van der Waals surface area contributed by atoms with Crippen molar-refractivity contribution >= 4 is 21.2 Å². The topological polar surface area (TPSA) is 152 Å². The molecule has 0 aliphatic heterocycles. The molecule has 0 heterocycles. The SMILES string of the molecule is C=C(C(=O)O)C(P(=O)(O)O)P(=O)(O)O. The van der Waals surface area contributed by atoms with E-state index in [0.717, 1.165) is 0 Å². The van der Waals surface area contributed by atoms with E-state index in [1.807, 2.05) is 0 Å². The summed E-state index contributed by atoms with van der Waals surface area (Å²) in [6, 6.07) is 0. The van der Waals surface area contributed by atoms with Crippen molar-refractivity contribution in [2.75, 3.05) is 0 Å². The largest absolute Gasteiger partial charge is 0.478 e. The minimum absolute atomic E-state index is 1.22. The van der Waals surface area contributed by atoms with Crippen molar-refractivity contribution in [1.82, 2.24) is 0 Å². The van der Waals surface area contributed by atoms with Crippen molar-refractivity contribution in [2.24, 2.45) is 0 Å². The van der Waals surface area contributed by atoms with Gasteiger partial charge in [0.25, 0.3) is 0 Å². The lowest BCUT2D eigenvalue weighted by molar-refractivity contribution is -0.132. The molecule has 8 nitrogen and oxygen atoms in total. The third-order valence-corrected chi connectivity index (χ3v) is 4.93. The van der Waals surface area contributed by atoms with Crippen LogP contribution in [0.4, 0.5) is 0 Å². The molecule has 0 fully saturated rings. The summed E-state index contributed by atoms with van der Waals surface area (Å²) in [6.45, 7) is 2.70. The number of rotatable bonds is 4. The molecule has 0 radical (unpaired) electrons. The summed E-state index contributed by atoms with van der Waals surface area (Å²) in [7, 11) is -10.5. The lowest BCUT2D eigenvalue weighted by atomic mass is 10.4. The highest BCUT2D eigenvalue weighted by Gasteiger charge is 2.47. The number of carboxylic acid groups (broad SMARTS) is 1. The quantitative estimate of drug-likeness (QED) is 0.322. The minimum atomic E-state index is -5.25. The zero-order valence-corrected chi connectivity index (χ0v) is 8.43. The summed E-state index contributed by atoms with van der Waals surface area (Å²) in [5.74, 6) is -1.87. The predicted molar refractivity (Wildman–Crippen MR) is 44.7 cm³/mol. The summed E-state index contributed by atoms with van der Waals surface area (Å²) in [4.78, 5) is 44.4. The van der Waals surface area contributed by atoms with Gasteiger partial charge in [-0.05, 0) is 0 Å². The monoisotopic (exact) mass is 246 g/mol. The Labute approximate surface area is 78.2 Å². The Morgan fingerprint density at radius 2 is 1.36 bits per heavy atom. The molecule has 0 aliphatic rings. The second-order valence-electron chi connectivity index (χ2n) is 2.38. The molecule has 0 saturated carbocycles. The average Bonchev–Trinajstić information content (AvgIpc) is 1.79. The Hall–Kier alpha value is -0.490. The molecule has 82 valence electrons. The van der Waals surface area contributed by atoms with E-state index in [9.17, 15) is 13.9 Å². The molecular weight excluding hydrogens is 238 g/mol. The molecule has 0 spiro atoms. The fraction of sp³-hybridized carbons (Fsp3) is 0.250. The Morgan fingerprint density at radius 3 is 1.43 bits per heavy atom. The van der Waals surface area contributed by atoms with Gasteiger partial charge in [-0.3, -0.25) is 9.13 Å². The van der Waals surface area contributed by atoms with E-state index in [1.165, 1.54) is 0 Å². The van der Waals surface area contributed by atoms with Crippen LogP contribution in [0, 0.1) is 0 Å². The third kappa shape index (κ3) is 3.34. The smallest absolute Gasteiger partial charge is 0.345 e. The molecule has 0 rings (SSSR count). The molecule has 10 heteroatoms. The van der Waals surface area contributed by atoms with Gasteiger partial charge in [-0.15, -0.1) is 0 Å². The van der Waals surface area contributed by atoms with Gasteiger partial charge in [0.2, 0.25) is 0 Å². The first kappa shape index (κ1) is 13.5. The van der Waals surface area contributed by atoms with Gasteiger partial charge in [0.05, 0.1) is 5.57 Å². The highest BCUT2D eigenvalue weighted by molar-refractivity contribution is 7.71. The van der Waals surface area contributed by atoms with Gasteiger partial charge in [-0.2, -0.15) is 0 Å². The first-order valence-electron chi connectivity index (χ1n) is 3.00. The summed E-state index contributed by atoms with van der Waals surface area (Å²) < 4.78 is 21.2. The fourth-order valence-corrected chi connectivity index (χ4v) is 3.31. The van der Waals surface area contributed by atoms with Crippen molar-refractivity contribution in [3.05, 3.63) is 12.2 Å². The Balaban J connectivity index is 5.37. The summed E-state index contributed by atoms with van der Waals surface area (Å²) in [5.41, 5.74) is -1.22. The van der Waals surface area contributed by atoms with Crippen LogP contribution in [0.1, 0.15) is 0 Å². The molecule has 0 aromatic heterocycles. The maximum atomic E-state index is 10.6. The van der Waals surface area contributed by atoms with Gasteiger partial charge in [0.1, 0.15) is 0 Å². The van der Waals surface area contributed by atoms with Gasteiger partial charge in [-0.25, -0.2) is 4.79 Å². The van der Waals surface area contributed by atoms with E-state index in [4.69, 9.17) is 24.7 Å². The second-order valence-corrected chi connectivity index (χ2v) is 6.18. The van der Waals surface area contributed by atoms with Crippen LogP contribution in [-0.2, 0) is 13.9 Å². The molecule has 0 atom stereocenters. The number of hydrogen-bond donors (Lipinski definition) is 5. The third-order valence-electron chi connectivity index (χ3n) is 1.22. The van der Waals surface area contributed by atoms with Crippen LogP contribution in [0.5, 0.6) is 0 Å². The van der Waals surface area contributed by atoms with Gasteiger partial charge in [-0.1, -0.05) is 6.58 Å². The van der Waals surface area contributed by atoms with Crippen LogP contribution in [0.25, 0.3) is 0 Å². The molecule has 0 aromatic carbocycles. The van der Waals surface area contributed by atoms with Gasteiger partial charge in [0.15, 0.2) is 5.40 Å². The zero-order valence-electron chi connectivity index (χ0n) is 6.64. The molecule has 0 amide bonds. The zero-order chi connectivity index (χ0) is 11.7. The minimum Gasteiger partial charge on any atom is -0.478 e. The Bertz CT molecular complexity index is 324. The number of aliphatic carboxylic acids is 1. The maximum Gasteiger partial charge on any atom is 0.345 e.